The van der Waals surface area contributed by atoms with Crippen molar-refractivity contribution in [1.82, 2.24) is 10.2 Å². The monoisotopic (exact) mass is 365 g/mol. The first-order chi connectivity index (χ1) is 10.6. The molecule has 0 saturated carbocycles. The minimum Gasteiger partial charge on any atom is -0.281 e. The zero-order chi connectivity index (χ0) is 17.3. The van der Waals surface area contributed by atoms with Gasteiger partial charge in [-0.1, -0.05) is 12.1 Å². The number of para-hydroxylation sites is 1. The molecule has 0 bridgehead atoms. The van der Waals surface area contributed by atoms with Crippen LogP contribution in [0.25, 0.3) is 0 Å². The second-order valence-corrected chi connectivity index (χ2v) is 7.41. The fourth-order valence-corrected chi connectivity index (χ4v) is 4.25. The molecule has 1 heterocycles. The van der Waals surface area contributed by atoms with Crippen molar-refractivity contribution in [3.05, 3.63) is 35.7 Å². The van der Waals surface area contributed by atoms with E-state index in [0.717, 1.165) is 0 Å². The normalized spacial score (nSPS) is 12.4. The summed E-state index contributed by atoms with van der Waals surface area (Å²) in [6, 6.07) is 5.94. The molecule has 1 aromatic heterocycles. The number of sulfonamides is 1. The molecule has 0 spiro atoms. The lowest BCUT2D eigenvalue weighted by Gasteiger charge is -2.13. The van der Waals surface area contributed by atoms with Gasteiger partial charge in [0.25, 0.3) is 10.0 Å². The first-order valence-corrected chi connectivity index (χ1v) is 8.90. The highest BCUT2D eigenvalue weighted by molar-refractivity contribution is 7.99. The fraction of sp³-hybridized carbons (Fsp3) is 0.308. The molecule has 0 saturated heterocycles. The van der Waals surface area contributed by atoms with Crippen LogP contribution in [0.1, 0.15) is 11.4 Å². The zero-order valence-corrected chi connectivity index (χ0v) is 13.9. The number of H-pyrrole nitrogens is 1. The Bertz CT molecular complexity index is 782. The summed E-state index contributed by atoms with van der Waals surface area (Å²) in [6.45, 7) is 3.08. The van der Waals surface area contributed by atoms with Gasteiger partial charge in [0.2, 0.25) is 0 Å². The van der Waals surface area contributed by atoms with Gasteiger partial charge in [-0.2, -0.15) is 18.3 Å². The number of alkyl halides is 3. The molecule has 1 aromatic carbocycles. The number of aryl methyl sites for hydroxylation is 2. The molecule has 23 heavy (non-hydrogen) atoms. The van der Waals surface area contributed by atoms with Crippen molar-refractivity contribution in [3.8, 4) is 0 Å². The third-order valence-electron chi connectivity index (χ3n) is 2.85. The molecule has 0 amide bonds. The molecule has 10 heteroatoms. The number of hydrogen-bond acceptors (Lipinski definition) is 4. The Morgan fingerprint density at radius 1 is 1.26 bits per heavy atom. The van der Waals surface area contributed by atoms with E-state index in [0.29, 0.717) is 17.5 Å². The van der Waals surface area contributed by atoms with Gasteiger partial charge in [0, 0.05) is 4.90 Å². The summed E-state index contributed by atoms with van der Waals surface area (Å²) < 4.78 is 64.3. The highest BCUT2D eigenvalue weighted by atomic mass is 32.2. The van der Waals surface area contributed by atoms with Crippen LogP contribution in [0.2, 0.25) is 0 Å². The minimum absolute atomic E-state index is 0.00637. The number of aromatic amines is 1. The first kappa shape index (κ1) is 17.7. The van der Waals surface area contributed by atoms with Crippen molar-refractivity contribution in [2.75, 3.05) is 10.5 Å². The molecule has 0 aliphatic rings. The quantitative estimate of drug-likeness (QED) is 0.796. The van der Waals surface area contributed by atoms with Crippen molar-refractivity contribution in [3.63, 3.8) is 0 Å². The van der Waals surface area contributed by atoms with Gasteiger partial charge < -0.3 is 0 Å². The molecule has 2 aromatic rings. The van der Waals surface area contributed by atoms with E-state index in [1.807, 2.05) is 0 Å². The Morgan fingerprint density at radius 3 is 2.48 bits per heavy atom. The van der Waals surface area contributed by atoms with Gasteiger partial charge in [0.15, 0.2) is 0 Å². The van der Waals surface area contributed by atoms with E-state index in [1.54, 1.807) is 19.1 Å². The van der Waals surface area contributed by atoms with Crippen molar-refractivity contribution in [2.24, 2.45) is 0 Å². The number of thioether (sulfide) groups is 1. The second kappa shape index (κ2) is 6.44. The Balaban J connectivity index is 2.30. The molecule has 0 fully saturated rings. The predicted molar refractivity (Wildman–Crippen MR) is 82.1 cm³/mol. The standard InChI is InChI=1S/C13H14F3N3O2S2/c1-8-12(9(2)18-17-8)23(20,21)19-10-5-3-4-6-11(10)22-7-13(14,15)16/h3-6,19H,7H2,1-2H3,(H,17,18). The van der Waals surface area contributed by atoms with Crippen molar-refractivity contribution >= 4 is 27.5 Å². The van der Waals surface area contributed by atoms with Crippen molar-refractivity contribution in [2.45, 2.75) is 29.8 Å². The molecule has 0 radical (unpaired) electrons. The summed E-state index contributed by atoms with van der Waals surface area (Å²) in [5, 5.41) is 6.38. The van der Waals surface area contributed by atoms with Gasteiger partial charge >= 0.3 is 6.18 Å². The average Bonchev–Trinajstić information content (AvgIpc) is 2.76. The van der Waals surface area contributed by atoms with Crippen molar-refractivity contribution in [1.29, 1.82) is 0 Å². The summed E-state index contributed by atoms with van der Waals surface area (Å²) in [7, 11) is -3.95. The maximum atomic E-state index is 12.5. The lowest BCUT2D eigenvalue weighted by Crippen LogP contribution is -2.16. The van der Waals surface area contributed by atoms with E-state index in [2.05, 4.69) is 14.9 Å². The van der Waals surface area contributed by atoms with Gasteiger partial charge in [-0.25, -0.2) is 8.42 Å². The fourth-order valence-electron chi connectivity index (χ4n) is 1.97. The molecule has 0 aliphatic heterocycles. The van der Waals surface area contributed by atoms with Crippen LogP contribution in [0.4, 0.5) is 18.9 Å². The highest BCUT2D eigenvalue weighted by Crippen LogP contribution is 2.33. The SMILES string of the molecule is Cc1n[nH]c(C)c1S(=O)(=O)Nc1ccccc1SCC(F)(F)F. The molecule has 2 N–H and O–H groups in total. The lowest BCUT2D eigenvalue weighted by molar-refractivity contribution is -0.105. The first-order valence-electron chi connectivity index (χ1n) is 6.43. The number of aromatic nitrogens is 2. The lowest BCUT2D eigenvalue weighted by atomic mass is 10.3. The average molecular weight is 365 g/mol. The maximum Gasteiger partial charge on any atom is 0.398 e. The van der Waals surface area contributed by atoms with Crippen LogP contribution in [0.15, 0.2) is 34.1 Å². The topological polar surface area (TPSA) is 74.8 Å². The Labute approximate surface area is 135 Å². The van der Waals surface area contributed by atoms with E-state index in [9.17, 15) is 21.6 Å². The molecule has 0 unspecified atom stereocenters. The number of hydrogen-bond donors (Lipinski definition) is 2. The van der Waals surface area contributed by atoms with Crippen molar-refractivity contribution < 1.29 is 21.6 Å². The third kappa shape index (κ3) is 4.41. The van der Waals surface area contributed by atoms with Gasteiger partial charge in [-0.15, -0.1) is 11.8 Å². The Kier molecular flexibility index (Phi) is 4.95. The van der Waals surface area contributed by atoms with E-state index in [1.165, 1.54) is 19.1 Å². The summed E-state index contributed by atoms with van der Waals surface area (Å²) in [6.07, 6.45) is -4.34. The minimum atomic E-state index is -4.34. The molecule has 2 rings (SSSR count). The van der Waals surface area contributed by atoms with E-state index < -0.39 is 22.0 Å². The van der Waals surface area contributed by atoms with E-state index in [4.69, 9.17) is 0 Å². The molecule has 5 nitrogen and oxygen atoms in total. The van der Waals surface area contributed by atoms with E-state index in [-0.39, 0.29) is 21.2 Å². The van der Waals surface area contributed by atoms with Crippen LogP contribution in [-0.2, 0) is 10.0 Å². The van der Waals surface area contributed by atoms with Crippen LogP contribution in [0, 0.1) is 13.8 Å². The molecular formula is C13H14F3N3O2S2. The summed E-state index contributed by atoms with van der Waals surface area (Å²) >= 11 is 0.525. The van der Waals surface area contributed by atoms with Crippen LogP contribution in [0.3, 0.4) is 0 Å². The number of nitrogens with one attached hydrogen (secondary N) is 2. The molecule has 0 atom stereocenters. The number of anilines is 1. The van der Waals surface area contributed by atoms with Crippen LogP contribution < -0.4 is 4.72 Å². The number of benzene rings is 1. The largest absolute Gasteiger partial charge is 0.398 e. The number of halogens is 3. The van der Waals surface area contributed by atoms with Gasteiger partial charge in [-0.3, -0.25) is 9.82 Å². The third-order valence-corrected chi connectivity index (χ3v) is 5.62. The Hall–Kier alpha value is -1.68. The number of rotatable bonds is 5. The summed E-state index contributed by atoms with van der Waals surface area (Å²) in [4.78, 5) is 0.195. The second-order valence-electron chi connectivity index (χ2n) is 4.77. The number of nitrogens with zero attached hydrogens (tertiary/aromatic N) is 1. The summed E-state index contributed by atoms with van der Waals surface area (Å²) in [5.74, 6) is -1.10. The zero-order valence-electron chi connectivity index (χ0n) is 12.2. The van der Waals surface area contributed by atoms with Crippen LogP contribution >= 0.6 is 11.8 Å². The molecule has 126 valence electrons. The molecular weight excluding hydrogens is 351 g/mol. The Morgan fingerprint density at radius 2 is 1.91 bits per heavy atom. The smallest absolute Gasteiger partial charge is 0.281 e. The van der Waals surface area contributed by atoms with E-state index >= 15 is 0 Å². The highest BCUT2D eigenvalue weighted by Gasteiger charge is 2.28. The van der Waals surface area contributed by atoms with Gasteiger partial charge in [0.05, 0.1) is 22.8 Å². The maximum absolute atomic E-state index is 12.5. The predicted octanol–water partition coefficient (Wildman–Crippen LogP) is 3.48. The van der Waals surface area contributed by atoms with Gasteiger partial charge in [-0.05, 0) is 26.0 Å². The van der Waals surface area contributed by atoms with Crippen LogP contribution in [-0.4, -0.2) is 30.5 Å². The van der Waals surface area contributed by atoms with Crippen LogP contribution in [0.5, 0.6) is 0 Å². The molecule has 0 aliphatic carbocycles. The summed E-state index contributed by atoms with van der Waals surface area (Å²) in [5.41, 5.74) is 0.743. The van der Waals surface area contributed by atoms with Gasteiger partial charge in [0.1, 0.15) is 4.90 Å².